The number of nitrogens with zero attached hydrogens (tertiary/aromatic N) is 2. The molecule has 4 atom stereocenters. The average molecular weight is 468 g/mol. The van der Waals surface area contributed by atoms with E-state index in [4.69, 9.17) is 10.5 Å². The molecule has 0 aliphatic carbocycles. The molecule has 1 fully saturated rings. The van der Waals surface area contributed by atoms with Gasteiger partial charge in [0.2, 0.25) is 5.91 Å². The highest BCUT2D eigenvalue weighted by Gasteiger charge is 2.29. The van der Waals surface area contributed by atoms with Crippen LogP contribution in [0.2, 0.25) is 0 Å². The summed E-state index contributed by atoms with van der Waals surface area (Å²) in [6.45, 7) is 12.8. The van der Waals surface area contributed by atoms with E-state index >= 15 is 0 Å². The van der Waals surface area contributed by atoms with Crippen molar-refractivity contribution in [3.05, 3.63) is 48.3 Å². The number of esters is 1. The molecule has 4 N–H and O–H groups in total. The molecule has 0 spiro atoms. The van der Waals surface area contributed by atoms with Gasteiger partial charge in [-0.3, -0.25) is 14.6 Å². The first-order chi connectivity index (χ1) is 16.2. The lowest BCUT2D eigenvalue weighted by atomic mass is 10.0. The Hall–Kier alpha value is -2.81. The molecule has 1 aromatic heterocycles. The second-order valence-electron chi connectivity index (χ2n) is 9.45. The van der Waals surface area contributed by atoms with Crippen molar-refractivity contribution in [1.82, 2.24) is 20.7 Å². The Morgan fingerprint density at radius 3 is 2.76 bits per heavy atom. The van der Waals surface area contributed by atoms with Gasteiger partial charge in [-0.15, -0.1) is 0 Å². The van der Waals surface area contributed by atoms with Crippen LogP contribution < -0.4 is 16.5 Å². The van der Waals surface area contributed by atoms with E-state index in [0.29, 0.717) is 13.0 Å². The molecule has 0 saturated carbocycles. The molecule has 1 amide bonds. The molecule has 0 bridgehead atoms. The van der Waals surface area contributed by atoms with Crippen LogP contribution in [0.25, 0.3) is 16.8 Å². The van der Waals surface area contributed by atoms with Crippen molar-refractivity contribution >= 4 is 28.7 Å². The fourth-order valence-corrected chi connectivity index (χ4v) is 4.03. The lowest BCUT2D eigenvalue weighted by Crippen LogP contribution is -2.57. The maximum atomic E-state index is 12.9. The molecule has 3 rings (SSSR count). The van der Waals surface area contributed by atoms with E-state index in [1.54, 1.807) is 6.08 Å². The van der Waals surface area contributed by atoms with Crippen molar-refractivity contribution in [3.63, 3.8) is 0 Å². The van der Waals surface area contributed by atoms with Gasteiger partial charge in [-0.25, -0.2) is 10.4 Å². The number of hydrogen-bond acceptors (Lipinski definition) is 7. The first-order valence-corrected chi connectivity index (χ1v) is 12.0. The summed E-state index contributed by atoms with van der Waals surface area (Å²) in [5.74, 6) is -0.363. The van der Waals surface area contributed by atoms with Crippen LogP contribution >= 0.6 is 0 Å². The van der Waals surface area contributed by atoms with Gasteiger partial charge in [0.25, 0.3) is 0 Å². The number of pyridine rings is 1. The van der Waals surface area contributed by atoms with E-state index in [2.05, 4.69) is 22.3 Å². The number of fused-ring (bicyclic) bond motifs is 1. The minimum absolute atomic E-state index is 0.0739. The molecule has 2 heterocycles. The second-order valence-corrected chi connectivity index (χ2v) is 9.45. The molecule has 8 heteroatoms. The van der Waals surface area contributed by atoms with Crippen molar-refractivity contribution < 1.29 is 14.3 Å². The first kappa shape index (κ1) is 25.8. The molecule has 1 aliphatic rings. The Balaban J connectivity index is 1.55. The molecule has 0 radical (unpaired) electrons. The maximum absolute atomic E-state index is 12.9. The van der Waals surface area contributed by atoms with Crippen molar-refractivity contribution in [2.45, 2.75) is 64.8 Å². The monoisotopic (exact) mass is 467 g/mol. The summed E-state index contributed by atoms with van der Waals surface area (Å²) in [5, 5.41) is 6.98. The van der Waals surface area contributed by atoms with Crippen molar-refractivity contribution in [2.24, 2.45) is 11.7 Å². The highest BCUT2D eigenvalue weighted by Crippen LogP contribution is 2.24. The first-order valence-electron chi connectivity index (χ1n) is 12.0. The quantitative estimate of drug-likeness (QED) is 0.487. The van der Waals surface area contributed by atoms with Gasteiger partial charge in [0.1, 0.15) is 12.1 Å². The minimum Gasteiger partial charge on any atom is -0.457 e. The highest BCUT2D eigenvalue weighted by molar-refractivity contribution is 5.84. The Labute approximate surface area is 201 Å². The number of carbonyl (C=O) groups excluding carboxylic acids is 2. The van der Waals surface area contributed by atoms with Gasteiger partial charge in [0.05, 0.1) is 11.7 Å². The van der Waals surface area contributed by atoms with E-state index in [-0.39, 0.29) is 29.9 Å². The van der Waals surface area contributed by atoms with Crippen molar-refractivity contribution in [1.29, 1.82) is 0 Å². The largest absolute Gasteiger partial charge is 0.457 e. The van der Waals surface area contributed by atoms with Crippen LogP contribution in [0.1, 0.15) is 57.9 Å². The summed E-state index contributed by atoms with van der Waals surface area (Å²) in [5.41, 5.74) is 10.9. The average Bonchev–Trinajstić information content (AvgIpc) is 2.82. The van der Waals surface area contributed by atoms with Crippen LogP contribution in [-0.4, -0.2) is 53.1 Å². The summed E-state index contributed by atoms with van der Waals surface area (Å²) >= 11 is 0. The summed E-state index contributed by atoms with van der Waals surface area (Å²) in [4.78, 5) is 29.4. The molecular weight excluding hydrogens is 430 g/mol. The number of ether oxygens (including phenoxy) is 1. The molecule has 0 unspecified atom stereocenters. The molecule has 1 saturated heterocycles. The number of amides is 1. The number of nitrogens with one attached hydrogen (secondary N) is 2. The van der Waals surface area contributed by atoms with Crippen LogP contribution in [0.3, 0.4) is 0 Å². The topological polar surface area (TPSA) is 110 Å². The van der Waals surface area contributed by atoms with Crippen LogP contribution in [-0.2, 0) is 14.3 Å². The minimum atomic E-state index is -0.532. The number of carbonyl (C=O) groups is 2. The van der Waals surface area contributed by atoms with Gasteiger partial charge in [0, 0.05) is 30.7 Å². The third-order valence-electron chi connectivity index (χ3n) is 6.19. The van der Waals surface area contributed by atoms with E-state index in [9.17, 15) is 9.59 Å². The predicted molar refractivity (Wildman–Crippen MR) is 134 cm³/mol. The Kier molecular flexibility index (Phi) is 8.77. The number of hydrazine groups is 1. The number of nitrogens with two attached hydrogens (primary N) is 1. The van der Waals surface area contributed by atoms with Gasteiger partial charge >= 0.3 is 5.97 Å². The third-order valence-corrected chi connectivity index (χ3v) is 6.19. The van der Waals surface area contributed by atoms with Gasteiger partial charge in [-0.2, -0.15) is 0 Å². The fourth-order valence-electron chi connectivity index (χ4n) is 4.03. The molecule has 184 valence electrons. The van der Waals surface area contributed by atoms with Crippen molar-refractivity contribution in [3.8, 4) is 0 Å². The summed E-state index contributed by atoms with van der Waals surface area (Å²) in [6, 6.07) is 6.87. The number of benzene rings is 1. The SMILES string of the molecule is C=Cc1cc2cc([C@@H](C)OC(=O)[C@@H]3CCCN(C[C@H](C)NC(=O)[C@@H](N)C(C)C)N3)ccc2cn1. The van der Waals surface area contributed by atoms with Crippen LogP contribution in [0, 0.1) is 5.92 Å². The smallest absolute Gasteiger partial charge is 0.325 e. The van der Waals surface area contributed by atoms with Gasteiger partial charge < -0.3 is 15.8 Å². The summed E-state index contributed by atoms with van der Waals surface area (Å²) < 4.78 is 5.81. The van der Waals surface area contributed by atoms with E-state index in [1.165, 1.54) is 0 Å². The van der Waals surface area contributed by atoms with Gasteiger partial charge in [-0.1, -0.05) is 32.6 Å². The molecule has 1 aliphatic heterocycles. The van der Waals surface area contributed by atoms with Crippen LogP contribution in [0.5, 0.6) is 0 Å². The lowest BCUT2D eigenvalue weighted by molar-refractivity contribution is -0.154. The molecular formula is C26H37N5O3. The normalized spacial score (nSPS) is 19.4. The summed E-state index contributed by atoms with van der Waals surface area (Å²) in [6.07, 6.45) is 4.70. The van der Waals surface area contributed by atoms with Gasteiger partial charge in [0.15, 0.2) is 0 Å². The zero-order valence-electron chi connectivity index (χ0n) is 20.6. The molecule has 8 nitrogen and oxygen atoms in total. The zero-order chi connectivity index (χ0) is 24.8. The molecule has 1 aromatic carbocycles. The maximum Gasteiger partial charge on any atom is 0.325 e. The summed E-state index contributed by atoms with van der Waals surface area (Å²) in [7, 11) is 0. The standard InChI is InChI=1S/C26H37N5O3/c1-6-22-13-21-12-19(9-10-20(21)14-28-22)18(5)34-26(33)23-8-7-11-31(30-23)15-17(4)29-25(32)24(27)16(2)3/h6,9-10,12-14,16-18,23-24,30H,1,7-8,11,15,27H2,2-5H3,(H,29,32)/t17-,18+,23-,24-/m0/s1. The Morgan fingerprint density at radius 2 is 2.06 bits per heavy atom. The zero-order valence-corrected chi connectivity index (χ0v) is 20.6. The number of hydrogen-bond donors (Lipinski definition) is 3. The molecule has 2 aromatic rings. The number of rotatable bonds is 9. The van der Waals surface area contributed by atoms with Crippen molar-refractivity contribution in [2.75, 3.05) is 13.1 Å². The van der Waals surface area contributed by atoms with Crippen LogP contribution in [0.4, 0.5) is 0 Å². The van der Waals surface area contributed by atoms with Crippen LogP contribution in [0.15, 0.2) is 37.0 Å². The Bertz CT molecular complexity index is 1020. The highest BCUT2D eigenvalue weighted by atomic mass is 16.5. The van der Waals surface area contributed by atoms with E-state index in [0.717, 1.165) is 35.0 Å². The molecule has 34 heavy (non-hydrogen) atoms. The fraction of sp³-hybridized carbons (Fsp3) is 0.500. The van der Waals surface area contributed by atoms with E-state index < -0.39 is 12.1 Å². The third kappa shape index (κ3) is 6.62. The van der Waals surface area contributed by atoms with E-state index in [1.807, 2.05) is 63.2 Å². The number of aromatic nitrogens is 1. The predicted octanol–water partition coefficient (Wildman–Crippen LogP) is 2.94. The van der Waals surface area contributed by atoms with Gasteiger partial charge in [-0.05, 0) is 61.8 Å². The second kappa shape index (κ2) is 11.6. The Morgan fingerprint density at radius 1 is 1.29 bits per heavy atom. The lowest BCUT2D eigenvalue weighted by Gasteiger charge is -2.35.